The van der Waals surface area contributed by atoms with Gasteiger partial charge in [-0.05, 0) is 63.7 Å². The van der Waals surface area contributed by atoms with Crippen molar-refractivity contribution in [1.82, 2.24) is 5.32 Å². The molecule has 0 amide bonds. The Hall–Kier alpha value is -0.820. The summed E-state index contributed by atoms with van der Waals surface area (Å²) in [7, 11) is 0. The number of benzene rings is 1. The Bertz CT molecular complexity index is 317. The summed E-state index contributed by atoms with van der Waals surface area (Å²) in [6.45, 7) is 8.95. The second-order valence-electron chi connectivity index (χ2n) is 4.99. The number of hydrogen-bond acceptors (Lipinski definition) is 1. The van der Waals surface area contributed by atoms with Crippen LogP contribution in [0.3, 0.4) is 0 Å². The molecule has 1 aromatic rings. The highest BCUT2D eigenvalue weighted by molar-refractivity contribution is 5.30. The Kier molecular flexibility index (Phi) is 6.95. The summed E-state index contributed by atoms with van der Waals surface area (Å²) < 4.78 is 0. The van der Waals surface area contributed by atoms with E-state index in [1.165, 1.54) is 55.3 Å². The molecule has 0 aliphatic rings. The van der Waals surface area contributed by atoms with Gasteiger partial charge in [0.2, 0.25) is 0 Å². The van der Waals surface area contributed by atoms with Crippen molar-refractivity contribution in [1.29, 1.82) is 0 Å². The van der Waals surface area contributed by atoms with Gasteiger partial charge in [0.1, 0.15) is 0 Å². The lowest BCUT2D eigenvalue weighted by molar-refractivity contribution is 0.598. The van der Waals surface area contributed by atoms with Gasteiger partial charge in [0.05, 0.1) is 0 Å². The average molecular weight is 233 g/mol. The first-order valence-corrected chi connectivity index (χ1v) is 7.01. The Morgan fingerprint density at radius 3 is 2.53 bits per heavy atom. The van der Waals surface area contributed by atoms with E-state index in [-0.39, 0.29) is 0 Å². The van der Waals surface area contributed by atoms with Gasteiger partial charge in [-0.2, -0.15) is 0 Å². The summed E-state index contributed by atoms with van der Waals surface area (Å²) >= 11 is 0. The van der Waals surface area contributed by atoms with Crippen molar-refractivity contribution in [2.45, 2.75) is 52.9 Å². The third-order valence-corrected chi connectivity index (χ3v) is 3.22. The van der Waals surface area contributed by atoms with E-state index in [0.717, 1.165) is 6.54 Å². The predicted octanol–water partition coefficient (Wildman–Crippen LogP) is 4.02. The van der Waals surface area contributed by atoms with Gasteiger partial charge in [-0.25, -0.2) is 0 Å². The van der Waals surface area contributed by atoms with Crippen LogP contribution in [-0.2, 0) is 6.42 Å². The molecular weight excluding hydrogens is 206 g/mol. The van der Waals surface area contributed by atoms with Crippen molar-refractivity contribution in [3.63, 3.8) is 0 Å². The Morgan fingerprint density at radius 2 is 1.82 bits per heavy atom. The van der Waals surface area contributed by atoms with Crippen LogP contribution in [0.4, 0.5) is 0 Å². The fourth-order valence-corrected chi connectivity index (χ4v) is 2.17. The molecular formula is C16H27N. The molecule has 0 heterocycles. The number of hydrogen-bond donors (Lipinski definition) is 1. The highest BCUT2D eigenvalue weighted by Crippen LogP contribution is 2.13. The van der Waals surface area contributed by atoms with Gasteiger partial charge >= 0.3 is 0 Å². The van der Waals surface area contributed by atoms with Gasteiger partial charge in [-0.3, -0.25) is 0 Å². The van der Waals surface area contributed by atoms with Crippen LogP contribution < -0.4 is 5.32 Å². The maximum atomic E-state index is 3.45. The average Bonchev–Trinajstić information content (AvgIpc) is 2.30. The Balaban J connectivity index is 2.14. The van der Waals surface area contributed by atoms with E-state index in [0.29, 0.717) is 0 Å². The fraction of sp³-hybridized carbons (Fsp3) is 0.625. The van der Waals surface area contributed by atoms with Gasteiger partial charge in [0.15, 0.2) is 0 Å². The zero-order chi connectivity index (χ0) is 12.5. The van der Waals surface area contributed by atoms with E-state index in [2.05, 4.69) is 44.3 Å². The van der Waals surface area contributed by atoms with Crippen LogP contribution in [0.25, 0.3) is 0 Å². The molecule has 1 aromatic carbocycles. The molecule has 17 heavy (non-hydrogen) atoms. The molecule has 96 valence electrons. The number of aryl methyl sites for hydroxylation is 3. The highest BCUT2D eigenvalue weighted by atomic mass is 14.8. The first-order chi connectivity index (χ1) is 8.24. The molecule has 0 aliphatic carbocycles. The third-order valence-electron chi connectivity index (χ3n) is 3.22. The van der Waals surface area contributed by atoms with E-state index < -0.39 is 0 Å². The maximum absolute atomic E-state index is 3.45. The van der Waals surface area contributed by atoms with Gasteiger partial charge in [-0.15, -0.1) is 0 Å². The van der Waals surface area contributed by atoms with Crippen LogP contribution in [0.15, 0.2) is 18.2 Å². The molecule has 0 bridgehead atoms. The maximum Gasteiger partial charge on any atom is -0.00489 e. The summed E-state index contributed by atoms with van der Waals surface area (Å²) in [6.07, 6.45) is 6.44. The molecule has 1 heteroatoms. The standard InChI is InChI=1S/C16H27N/c1-4-11-17-12-7-5-6-8-16-10-9-14(2)13-15(16)3/h9-10,13,17H,4-8,11-12H2,1-3H3. The number of rotatable bonds is 8. The minimum absolute atomic E-state index is 1.16. The number of nitrogens with one attached hydrogen (secondary N) is 1. The Morgan fingerprint density at radius 1 is 1.00 bits per heavy atom. The SMILES string of the molecule is CCCNCCCCCc1ccc(C)cc1C. The molecule has 0 unspecified atom stereocenters. The van der Waals surface area contributed by atoms with E-state index >= 15 is 0 Å². The van der Waals surface area contributed by atoms with Gasteiger partial charge < -0.3 is 5.32 Å². The molecule has 0 saturated heterocycles. The second kappa shape index (κ2) is 8.30. The van der Waals surface area contributed by atoms with Crippen LogP contribution in [0.1, 0.15) is 49.3 Å². The molecule has 0 aliphatic heterocycles. The van der Waals surface area contributed by atoms with Crippen molar-refractivity contribution in [3.8, 4) is 0 Å². The van der Waals surface area contributed by atoms with Crippen molar-refractivity contribution in [2.75, 3.05) is 13.1 Å². The lowest BCUT2D eigenvalue weighted by Crippen LogP contribution is -2.15. The van der Waals surface area contributed by atoms with E-state index in [4.69, 9.17) is 0 Å². The minimum Gasteiger partial charge on any atom is -0.317 e. The van der Waals surface area contributed by atoms with E-state index in [1.807, 2.05) is 0 Å². The van der Waals surface area contributed by atoms with Crippen LogP contribution in [-0.4, -0.2) is 13.1 Å². The number of unbranched alkanes of at least 4 members (excludes halogenated alkanes) is 2. The summed E-state index contributed by atoms with van der Waals surface area (Å²) in [5, 5.41) is 3.45. The van der Waals surface area contributed by atoms with Gasteiger partial charge in [0, 0.05) is 0 Å². The highest BCUT2D eigenvalue weighted by Gasteiger charge is 1.98. The topological polar surface area (TPSA) is 12.0 Å². The fourth-order valence-electron chi connectivity index (χ4n) is 2.17. The van der Waals surface area contributed by atoms with Gasteiger partial charge in [-0.1, -0.05) is 37.1 Å². The molecule has 0 spiro atoms. The summed E-state index contributed by atoms with van der Waals surface area (Å²) in [5.74, 6) is 0. The van der Waals surface area contributed by atoms with E-state index in [1.54, 1.807) is 0 Å². The first-order valence-electron chi connectivity index (χ1n) is 7.01. The molecule has 0 aromatic heterocycles. The lowest BCUT2D eigenvalue weighted by atomic mass is 10.0. The zero-order valence-corrected chi connectivity index (χ0v) is 11.7. The van der Waals surface area contributed by atoms with Crippen LogP contribution >= 0.6 is 0 Å². The molecule has 0 saturated carbocycles. The third kappa shape index (κ3) is 5.88. The first kappa shape index (κ1) is 14.2. The van der Waals surface area contributed by atoms with Crippen molar-refractivity contribution in [3.05, 3.63) is 34.9 Å². The molecule has 0 radical (unpaired) electrons. The quantitative estimate of drug-likeness (QED) is 0.669. The summed E-state index contributed by atoms with van der Waals surface area (Å²) in [6, 6.07) is 6.81. The summed E-state index contributed by atoms with van der Waals surface area (Å²) in [5.41, 5.74) is 4.35. The van der Waals surface area contributed by atoms with Crippen LogP contribution in [0.5, 0.6) is 0 Å². The van der Waals surface area contributed by atoms with Crippen LogP contribution in [0.2, 0.25) is 0 Å². The molecule has 1 N–H and O–H groups in total. The normalized spacial score (nSPS) is 10.8. The monoisotopic (exact) mass is 233 g/mol. The molecule has 0 fully saturated rings. The zero-order valence-electron chi connectivity index (χ0n) is 11.7. The largest absolute Gasteiger partial charge is 0.317 e. The van der Waals surface area contributed by atoms with Crippen molar-refractivity contribution < 1.29 is 0 Å². The van der Waals surface area contributed by atoms with Gasteiger partial charge in [0.25, 0.3) is 0 Å². The second-order valence-corrected chi connectivity index (χ2v) is 4.99. The smallest absolute Gasteiger partial charge is 0.00489 e. The Labute approximate surface area is 107 Å². The van der Waals surface area contributed by atoms with E-state index in [9.17, 15) is 0 Å². The van der Waals surface area contributed by atoms with Crippen molar-refractivity contribution in [2.24, 2.45) is 0 Å². The van der Waals surface area contributed by atoms with Crippen LogP contribution in [0, 0.1) is 13.8 Å². The predicted molar refractivity (Wildman–Crippen MR) is 76.6 cm³/mol. The molecule has 1 nitrogen and oxygen atoms in total. The summed E-state index contributed by atoms with van der Waals surface area (Å²) in [4.78, 5) is 0. The molecule has 0 atom stereocenters. The molecule has 1 rings (SSSR count). The lowest BCUT2D eigenvalue weighted by Gasteiger charge is -2.07. The van der Waals surface area contributed by atoms with Crippen molar-refractivity contribution >= 4 is 0 Å². The minimum atomic E-state index is 1.16.